The molecule has 1 aromatic rings. The van der Waals surface area contributed by atoms with Gasteiger partial charge in [-0.2, -0.15) is 0 Å². The van der Waals surface area contributed by atoms with Gasteiger partial charge in [0.15, 0.2) is 0 Å². The highest BCUT2D eigenvalue weighted by Crippen LogP contribution is 2.43. The molecule has 0 bridgehead atoms. The van der Waals surface area contributed by atoms with Crippen LogP contribution in [0.1, 0.15) is 57.3 Å². The molecule has 1 aromatic heterocycles. The molecule has 0 amide bonds. The van der Waals surface area contributed by atoms with E-state index in [1.54, 1.807) is 0 Å². The van der Waals surface area contributed by atoms with Gasteiger partial charge in [-0.1, -0.05) is 0 Å². The summed E-state index contributed by atoms with van der Waals surface area (Å²) in [6, 6.07) is 0.386. The molecule has 17 heavy (non-hydrogen) atoms. The van der Waals surface area contributed by atoms with E-state index in [0.717, 1.165) is 25.3 Å². The minimum absolute atomic E-state index is 0.0721. The van der Waals surface area contributed by atoms with Crippen LogP contribution in [0.2, 0.25) is 5.28 Å². The molecule has 3 rings (SSSR count). The summed E-state index contributed by atoms with van der Waals surface area (Å²) in [6.45, 7) is 5.05. The Morgan fingerprint density at radius 1 is 1.29 bits per heavy atom. The molecule has 1 saturated heterocycles. The number of aromatic nitrogens is 3. The smallest absolute Gasteiger partial charge is 0.225 e. The second-order valence-corrected chi connectivity index (χ2v) is 6.06. The summed E-state index contributed by atoms with van der Waals surface area (Å²) in [5, 5.41) is 8.82. The van der Waals surface area contributed by atoms with Crippen molar-refractivity contribution in [3.8, 4) is 0 Å². The topological polar surface area (TPSA) is 39.9 Å². The predicted octanol–water partition coefficient (Wildman–Crippen LogP) is 2.94. The first kappa shape index (κ1) is 11.5. The van der Waals surface area contributed by atoms with Crippen LogP contribution in [0.15, 0.2) is 0 Å². The highest BCUT2D eigenvalue weighted by Gasteiger charge is 2.36. The van der Waals surface area contributed by atoms with Gasteiger partial charge in [-0.3, -0.25) is 4.57 Å². The van der Waals surface area contributed by atoms with E-state index in [4.69, 9.17) is 16.3 Å². The van der Waals surface area contributed by atoms with Crippen LogP contribution in [0.3, 0.4) is 0 Å². The highest BCUT2D eigenvalue weighted by atomic mass is 35.5. The van der Waals surface area contributed by atoms with Gasteiger partial charge in [0.25, 0.3) is 0 Å². The minimum Gasteiger partial charge on any atom is -0.375 e. The summed E-state index contributed by atoms with van der Waals surface area (Å²) < 4.78 is 7.89. The quantitative estimate of drug-likeness (QED) is 0.816. The fourth-order valence-corrected chi connectivity index (χ4v) is 2.92. The number of nitrogens with zero attached hydrogens (tertiary/aromatic N) is 3. The van der Waals surface area contributed by atoms with E-state index >= 15 is 0 Å². The second kappa shape index (κ2) is 3.95. The van der Waals surface area contributed by atoms with Crippen molar-refractivity contribution in [1.82, 2.24) is 14.8 Å². The Morgan fingerprint density at radius 3 is 2.71 bits per heavy atom. The Bertz CT molecular complexity index is 425. The van der Waals surface area contributed by atoms with Gasteiger partial charge in [-0.15, -0.1) is 10.2 Å². The summed E-state index contributed by atoms with van der Waals surface area (Å²) in [7, 11) is 0. The third-order valence-corrected chi connectivity index (χ3v) is 3.92. The number of halogens is 1. The molecular formula is C12H18ClN3O. The van der Waals surface area contributed by atoms with Crippen LogP contribution in [-0.4, -0.2) is 27.0 Å². The van der Waals surface area contributed by atoms with E-state index in [1.165, 1.54) is 12.8 Å². The van der Waals surface area contributed by atoms with Crippen LogP contribution in [0.4, 0.5) is 0 Å². The van der Waals surface area contributed by atoms with Gasteiger partial charge in [0.1, 0.15) is 5.82 Å². The first-order valence-electron chi connectivity index (χ1n) is 6.31. The molecule has 1 aliphatic heterocycles. The SMILES string of the molecule is CC1(C)CC(n2c(Cl)nnc2C2CC2)CCO1. The third kappa shape index (κ3) is 2.20. The summed E-state index contributed by atoms with van der Waals surface area (Å²) in [4.78, 5) is 0. The zero-order chi connectivity index (χ0) is 12.0. The number of hydrogen-bond donors (Lipinski definition) is 0. The molecule has 0 aromatic carbocycles. The molecule has 5 heteroatoms. The monoisotopic (exact) mass is 255 g/mol. The van der Waals surface area contributed by atoms with Gasteiger partial charge in [0.05, 0.1) is 5.60 Å². The maximum Gasteiger partial charge on any atom is 0.225 e. The van der Waals surface area contributed by atoms with Gasteiger partial charge in [-0.25, -0.2) is 0 Å². The van der Waals surface area contributed by atoms with Crippen molar-refractivity contribution in [1.29, 1.82) is 0 Å². The van der Waals surface area contributed by atoms with E-state index < -0.39 is 0 Å². The Hall–Kier alpha value is -0.610. The van der Waals surface area contributed by atoms with Gasteiger partial charge < -0.3 is 4.74 Å². The van der Waals surface area contributed by atoms with Crippen molar-refractivity contribution >= 4 is 11.6 Å². The molecule has 1 aliphatic carbocycles. The lowest BCUT2D eigenvalue weighted by molar-refractivity contribution is -0.0694. The van der Waals surface area contributed by atoms with Crippen molar-refractivity contribution in [3.05, 3.63) is 11.1 Å². The average molecular weight is 256 g/mol. The largest absolute Gasteiger partial charge is 0.375 e. The van der Waals surface area contributed by atoms with Gasteiger partial charge in [-0.05, 0) is 51.1 Å². The normalized spacial score (nSPS) is 28.3. The van der Waals surface area contributed by atoms with E-state index in [9.17, 15) is 0 Å². The lowest BCUT2D eigenvalue weighted by Crippen LogP contribution is -2.35. The Labute approximate surface area is 106 Å². The third-order valence-electron chi connectivity index (χ3n) is 3.66. The molecule has 94 valence electrons. The summed E-state index contributed by atoms with van der Waals surface area (Å²) in [5.41, 5.74) is -0.0721. The Kier molecular flexibility index (Phi) is 2.67. The lowest BCUT2D eigenvalue weighted by atomic mass is 9.93. The van der Waals surface area contributed by atoms with Crippen molar-refractivity contribution in [2.45, 2.75) is 57.1 Å². The fraction of sp³-hybridized carbons (Fsp3) is 0.833. The summed E-state index contributed by atoms with van der Waals surface area (Å²) in [6.07, 6.45) is 4.43. The molecule has 2 heterocycles. The van der Waals surface area contributed by atoms with Crippen molar-refractivity contribution < 1.29 is 4.74 Å². The van der Waals surface area contributed by atoms with Crippen molar-refractivity contribution in [3.63, 3.8) is 0 Å². The van der Waals surface area contributed by atoms with E-state index in [-0.39, 0.29) is 5.60 Å². The van der Waals surface area contributed by atoms with Crippen LogP contribution in [-0.2, 0) is 4.74 Å². The van der Waals surface area contributed by atoms with Crippen molar-refractivity contribution in [2.75, 3.05) is 6.61 Å². The maximum atomic E-state index is 6.19. The van der Waals surface area contributed by atoms with Crippen LogP contribution in [0.25, 0.3) is 0 Å². The number of hydrogen-bond acceptors (Lipinski definition) is 3. The summed E-state index contributed by atoms with van der Waals surface area (Å²) >= 11 is 6.19. The van der Waals surface area contributed by atoms with Crippen molar-refractivity contribution in [2.24, 2.45) is 0 Å². The minimum atomic E-state index is -0.0721. The first-order valence-corrected chi connectivity index (χ1v) is 6.69. The van der Waals surface area contributed by atoms with Crippen LogP contribution in [0, 0.1) is 0 Å². The zero-order valence-corrected chi connectivity index (χ0v) is 11.1. The molecule has 1 unspecified atom stereocenters. The zero-order valence-electron chi connectivity index (χ0n) is 10.3. The first-order chi connectivity index (χ1) is 8.07. The Morgan fingerprint density at radius 2 is 2.06 bits per heavy atom. The van der Waals surface area contributed by atoms with Crippen LogP contribution < -0.4 is 0 Å². The van der Waals surface area contributed by atoms with E-state index in [0.29, 0.717) is 17.2 Å². The molecule has 0 radical (unpaired) electrons. The van der Waals surface area contributed by atoms with Gasteiger partial charge in [0.2, 0.25) is 5.28 Å². The second-order valence-electron chi connectivity index (χ2n) is 5.73. The Balaban J connectivity index is 1.89. The highest BCUT2D eigenvalue weighted by molar-refractivity contribution is 6.28. The van der Waals surface area contributed by atoms with Gasteiger partial charge in [0, 0.05) is 18.6 Å². The van der Waals surface area contributed by atoms with E-state index in [1.807, 2.05) is 0 Å². The molecular weight excluding hydrogens is 238 g/mol. The number of rotatable bonds is 2. The van der Waals surface area contributed by atoms with Gasteiger partial charge >= 0.3 is 0 Å². The maximum absolute atomic E-state index is 6.19. The standard InChI is InChI=1S/C12H18ClN3O/c1-12(2)7-9(5-6-17-12)16-10(8-3-4-8)14-15-11(16)13/h8-9H,3-7H2,1-2H3. The van der Waals surface area contributed by atoms with Crippen LogP contribution >= 0.6 is 11.6 Å². The lowest BCUT2D eigenvalue weighted by Gasteiger charge is -2.36. The fourth-order valence-electron chi connectivity index (χ4n) is 2.66. The average Bonchev–Trinajstić information content (AvgIpc) is 3.01. The molecule has 0 N–H and O–H groups in total. The molecule has 2 aliphatic rings. The molecule has 4 nitrogen and oxygen atoms in total. The van der Waals surface area contributed by atoms with E-state index in [2.05, 4.69) is 28.6 Å². The molecule has 1 saturated carbocycles. The molecule has 0 spiro atoms. The number of ether oxygens (including phenoxy) is 1. The molecule has 1 atom stereocenters. The summed E-state index contributed by atoms with van der Waals surface area (Å²) in [5.74, 6) is 1.67. The predicted molar refractivity (Wildman–Crippen MR) is 65.3 cm³/mol. The van der Waals surface area contributed by atoms with Crippen LogP contribution in [0.5, 0.6) is 0 Å². The molecule has 2 fully saturated rings.